The zero-order valence-corrected chi connectivity index (χ0v) is 11.7. The number of amides is 1. The van der Waals surface area contributed by atoms with Crippen LogP contribution in [0.3, 0.4) is 0 Å². The summed E-state index contributed by atoms with van der Waals surface area (Å²) in [4.78, 5) is 12.1. The lowest BCUT2D eigenvalue weighted by molar-refractivity contribution is 0.0871. The van der Waals surface area contributed by atoms with Crippen molar-refractivity contribution in [3.63, 3.8) is 0 Å². The van der Waals surface area contributed by atoms with E-state index in [1.807, 2.05) is 6.92 Å². The van der Waals surface area contributed by atoms with Crippen LogP contribution in [0.15, 0.2) is 29.2 Å². The molecule has 1 aromatic rings. The van der Waals surface area contributed by atoms with E-state index in [0.29, 0.717) is 0 Å². The van der Waals surface area contributed by atoms with Gasteiger partial charge in [-0.2, -0.15) is 0 Å². The fourth-order valence-corrected chi connectivity index (χ4v) is 3.82. The normalized spacial score (nSPS) is 19.2. The van der Waals surface area contributed by atoms with Gasteiger partial charge in [-0.15, -0.1) is 0 Å². The molecule has 0 spiro atoms. The van der Waals surface area contributed by atoms with E-state index in [0.717, 1.165) is 10.7 Å². The first-order chi connectivity index (χ1) is 7.98. The van der Waals surface area contributed by atoms with Crippen LogP contribution in [0.4, 0.5) is 0 Å². The molecule has 0 saturated heterocycles. The van der Waals surface area contributed by atoms with Crippen molar-refractivity contribution in [2.24, 2.45) is 0 Å². The zero-order valence-electron chi connectivity index (χ0n) is 9.26. The van der Waals surface area contributed by atoms with Crippen LogP contribution in [0.5, 0.6) is 0 Å². The molecule has 2 rings (SSSR count). The van der Waals surface area contributed by atoms with Crippen molar-refractivity contribution in [3.05, 3.63) is 29.8 Å². The van der Waals surface area contributed by atoms with E-state index < -0.39 is 15.9 Å². The molecule has 1 aliphatic heterocycles. The van der Waals surface area contributed by atoms with Crippen LogP contribution in [0.25, 0.3) is 0 Å². The highest BCUT2D eigenvalue weighted by molar-refractivity contribution is 9.09. The molecule has 0 fully saturated rings. The number of benzene rings is 1. The third-order valence-electron chi connectivity index (χ3n) is 2.72. The number of alkyl halides is 1. The number of carbonyl (C=O) groups excluding carboxylic acids is 1. The standard InChI is InChI=1S/C11H12BrNO3S/c1-2-8(12)7-13-11(14)9-5-3-4-6-10(9)17(13,15)16/h3-6,8H,2,7H2,1H3. The second-order valence-electron chi connectivity index (χ2n) is 3.84. The molecule has 0 aliphatic carbocycles. The number of hydrogen-bond donors (Lipinski definition) is 0. The summed E-state index contributed by atoms with van der Waals surface area (Å²) >= 11 is 3.35. The quantitative estimate of drug-likeness (QED) is 0.801. The molecule has 0 saturated carbocycles. The van der Waals surface area contributed by atoms with Gasteiger partial charge in [0.05, 0.1) is 12.1 Å². The summed E-state index contributed by atoms with van der Waals surface area (Å²) in [7, 11) is -3.65. The molecule has 1 aliphatic rings. The maximum atomic E-state index is 12.1. The fraction of sp³-hybridized carbons (Fsp3) is 0.364. The smallest absolute Gasteiger partial charge is 0.268 e. The Balaban J connectivity index is 2.44. The second kappa shape index (κ2) is 4.42. The Hall–Kier alpha value is -0.880. The summed E-state index contributed by atoms with van der Waals surface area (Å²) in [6.07, 6.45) is 0.760. The largest absolute Gasteiger partial charge is 0.269 e. The van der Waals surface area contributed by atoms with Gasteiger partial charge in [0, 0.05) is 4.83 Å². The van der Waals surface area contributed by atoms with E-state index in [4.69, 9.17) is 0 Å². The Morgan fingerprint density at radius 2 is 2.00 bits per heavy atom. The van der Waals surface area contributed by atoms with Crippen molar-refractivity contribution >= 4 is 31.9 Å². The Labute approximate surface area is 109 Å². The predicted octanol–water partition coefficient (Wildman–Crippen LogP) is 2.00. The van der Waals surface area contributed by atoms with Crippen LogP contribution < -0.4 is 0 Å². The molecule has 0 bridgehead atoms. The number of fused-ring (bicyclic) bond motifs is 1. The lowest BCUT2D eigenvalue weighted by Gasteiger charge is -2.17. The van der Waals surface area contributed by atoms with Crippen molar-refractivity contribution < 1.29 is 13.2 Å². The van der Waals surface area contributed by atoms with E-state index >= 15 is 0 Å². The van der Waals surface area contributed by atoms with Gasteiger partial charge >= 0.3 is 0 Å². The van der Waals surface area contributed by atoms with Crippen LogP contribution in [0, 0.1) is 0 Å². The lowest BCUT2D eigenvalue weighted by atomic mass is 10.2. The molecular formula is C11H12BrNO3S. The number of halogens is 1. The monoisotopic (exact) mass is 317 g/mol. The molecule has 1 atom stereocenters. The number of hydrogen-bond acceptors (Lipinski definition) is 3. The first-order valence-corrected chi connectivity index (χ1v) is 7.64. The average Bonchev–Trinajstić information content (AvgIpc) is 2.51. The molecule has 0 N–H and O–H groups in total. The lowest BCUT2D eigenvalue weighted by Crippen LogP contribution is -2.34. The Kier molecular flexibility index (Phi) is 3.27. The van der Waals surface area contributed by atoms with Gasteiger partial charge in [0.1, 0.15) is 4.90 Å². The highest BCUT2D eigenvalue weighted by atomic mass is 79.9. The van der Waals surface area contributed by atoms with E-state index in [9.17, 15) is 13.2 Å². The van der Waals surface area contributed by atoms with Crippen molar-refractivity contribution in [1.29, 1.82) is 0 Å². The van der Waals surface area contributed by atoms with Gasteiger partial charge in [-0.1, -0.05) is 35.0 Å². The van der Waals surface area contributed by atoms with Crippen molar-refractivity contribution in [3.8, 4) is 0 Å². The van der Waals surface area contributed by atoms with Crippen LogP contribution in [-0.4, -0.2) is 30.0 Å². The minimum atomic E-state index is -3.65. The molecule has 4 nitrogen and oxygen atoms in total. The summed E-state index contributed by atoms with van der Waals surface area (Å²) < 4.78 is 25.2. The van der Waals surface area contributed by atoms with Gasteiger partial charge in [0.25, 0.3) is 15.9 Å². The van der Waals surface area contributed by atoms with Crippen LogP contribution >= 0.6 is 15.9 Å². The van der Waals surface area contributed by atoms with E-state index in [1.165, 1.54) is 6.07 Å². The second-order valence-corrected chi connectivity index (χ2v) is 6.97. The minimum absolute atomic E-state index is 0.0180. The van der Waals surface area contributed by atoms with Gasteiger partial charge in [-0.3, -0.25) is 4.79 Å². The van der Waals surface area contributed by atoms with Crippen molar-refractivity contribution in [2.75, 3.05) is 6.54 Å². The Bertz CT molecular complexity index is 556. The minimum Gasteiger partial charge on any atom is -0.268 e. The van der Waals surface area contributed by atoms with E-state index in [-0.39, 0.29) is 21.8 Å². The van der Waals surface area contributed by atoms with E-state index in [1.54, 1.807) is 18.2 Å². The molecular weight excluding hydrogens is 306 g/mol. The molecule has 92 valence electrons. The summed E-state index contributed by atoms with van der Waals surface area (Å²) in [5.41, 5.74) is 0.267. The summed E-state index contributed by atoms with van der Waals surface area (Å²) in [6.45, 7) is 2.10. The van der Waals surface area contributed by atoms with E-state index in [2.05, 4.69) is 15.9 Å². The maximum Gasteiger partial charge on any atom is 0.269 e. The number of sulfonamides is 1. The molecule has 0 radical (unpaired) electrons. The van der Waals surface area contributed by atoms with Gasteiger partial charge in [0.15, 0.2) is 0 Å². The first-order valence-electron chi connectivity index (χ1n) is 5.28. The third-order valence-corrected chi connectivity index (χ3v) is 5.46. The van der Waals surface area contributed by atoms with Gasteiger partial charge in [-0.05, 0) is 18.6 Å². The first kappa shape index (κ1) is 12.6. The number of nitrogens with zero attached hydrogens (tertiary/aromatic N) is 1. The molecule has 1 unspecified atom stereocenters. The molecule has 1 amide bonds. The summed E-state index contributed by atoms with van der Waals surface area (Å²) in [5, 5.41) is 0. The Morgan fingerprint density at radius 1 is 1.35 bits per heavy atom. The van der Waals surface area contributed by atoms with Gasteiger partial charge in [0.2, 0.25) is 0 Å². The topological polar surface area (TPSA) is 54.5 Å². The van der Waals surface area contributed by atoms with Crippen molar-refractivity contribution in [1.82, 2.24) is 4.31 Å². The highest BCUT2D eigenvalue weighted by Gasteiger charge is 2.41. The number of rotatable bonds is 3. The van der Waals surface area contributed by atoms with Crippen LogP contribution in [0.2, 0.25) is 0 Å². The SMILES string of the molecule is CCC(Br)CN1C(=O)c2ccccc2S1(=O)=O. The van der Waals surface area contributed by atoms with Gasteiger partial charge in [-0.25, -0.2) is 12.7 Å². The maximum absolute atomic E-state index is 12.1. The molecule has 1 aromatic carbocycles. The average molecular weight is 318 g/mol. The zero-order chi connectivity index (χ0) is 12.6. The highest BCUT2D eigenvalue weighted by Crippen LogP contribution is 2.30. The summed E-state index contributed by atoms with van der Waals surface area (Å²) in [5.74, 6) is -0.432. The molecule has 6 heteroatoms. The van der Waals surface area contributed by atoms with Gasteiger partial charge < -0.3 is 0 Å². The molecule has 0 aromatic heterocycles. The predicted molar refractivity (Wildman–Crippen MR) is 67.7 cm³/mol. The Morgan fingerprint density at radius 3 is 2.59 bits per heavy atom. The van der Waals surface area contributed by atoms with Crippen LogP contribution in [0.1, 0.15) is 23.7 Å². The third kappa shape index (κ3) is 1.99. The molecule has 1 heterocycles. The number of carbonyl (C=O) groups is 1. The van der Waals surface area contributed by atoms with Crippen LogP contribution in [-0.2, 0) is 10.0 Å². The fourth-order valence-electron chi connectivity index (χ4n) is 1.72. The van der Waals surface area contributed by atoms with Crippen molar-refractivity contribution in [2.45, 2.75) is 23.1 Å². The molecule has 17 heavy (non-hydrogen) atoms. The summed E-state index contributed by atoms with van der Waals surface area (Å²) in [6, 6.07) is 6.31.